The maximum Gasteiger partial charge on any atom is 0.252 e. The third-order valence-electron chi connectivity index (χ3n) is 4.10. The highest BCUT2D eigenvalue weighted by molar-refractivity contribution is 7.98. The van der Waals surface area contributed by atoms with E-state index >= 15 is 0 Å². The van der Waals surface area contributed by atoms with Gasteiger partial charge in [-0.3, -0.25) is 4.79 Å². The molecule has 3 rings (SSSR count). The molecule has 1 aromatic heterocycles. The first kappa shape index (κ1) is 21.5. The molecular weight excluding hydrogens is 426 g/mol. The van der Waals surface area contributed by atoms with Crippen molar-refractivity contribution in [3.05, 3.63) is 75.7 Å². The van der Waals surface area contributed by atoms with E-state index in [1.54, 1.807) is 47.4 Å². The average Bonchev–Trinajstić information content (AvgIpc) is 3.16. The lowest BCUT2D eigenvalue weighted by atomic mass is 10.2. The quantitative estimate of drug-likeness (QED) is 0.515. The van der Waals surface area contributed by atoms with Crippen LogP contribution >= 0.6 is 23.1 Å². The van der Waals surface area contributed by atoms with Gasteiger partial charge in [-0.25, -0.2) is 18.1 Å². The number of aromatic nitrogens is 1. The molecule has 0 aliphatic rings. The summed E-state index contributed by atoms with van der Waals surface area (Å²) in [7, 11) is -2.15. The number of rotatable bonds is 8. The number of hydrogen-bond donors (Lipinski definition) is 2. The first-order chi connectivity index (χ1) is 13.9. The van der Waals surface area contributed by atoms with Gasteiger partial charge in [0.2, 0.25) is 10.0 Å². The van der Waals surface area contributed by atoms with Crippen molar-refractivity contribution in [1.29, 1.82) is 0 Å². The molecule has 0 fully saturated rings. The van der Waals surface area contributed by atoms with Gasteiger partial charge in [0, 0.05) is 22.6 Å². The monoisotopic (exact) mass is 447 g/mol. The van der Waals surface area contributed by atoms with Gasteiger partial charge in [0.1, 0.15) is 0 Å². The Kier molecular flexibility index (Phi) is 7.07. The number of carbonyl (C=O) groups is 1. The molecule has 2 N–H and O–H groups in total. The largest absolute Gasteiger partial charge is 0.348 e. The van der Waals surface area contributed by atoms with Gasteiger partial charge in [-0.05, 0) is 43.8 Å². The molecule has 0 unspecified atom stereocenters. The Balaban J connectivity index is 1.68. The molecule has 0 saturated carbocycles. The van der Waals surface area contributed by atoms with Gasteiger partial charge in [0.05, 0.1) is 21.2 Å². The van der Waals surface area contributed by atoms with Crippen LogP contribution in [0.4, 0.5) is 0 Å². The summed E-state index contributed by atoms with van der Waals surface area (Å²) < 4.78 is 26.2. The summed E-state index contributed by atoms with van der Waals surface area (Å²) in [5.74, 6) is 0.489. The SMILES string of the molecule is CNS(=O)(=O)c1cccc(CNC(=O)c2ccccc2SCc2csc(C)n2)c1. The molecule has 1 heterocycles. The highest BCUT2D eigenvalue weighted by atomic mass is 32.2. The van der Waals surface area contributed by atoms with Crippen LogP contribution in [0.15, 0.2) is 63.7 Å². The summed E-state index contributed by atoms with van der Waals surface area (Å²) in [6.45, 7) is 2.20. The van der Waals surface area contributed by atoms with Crippen LogP contribution in [-0.4, -0.2) is 26.4 Å². The smallest absolute Gasteiger partial charge is 0.252 e. The second-order valence-electron chi connectivity index (χ2n) is 6.18. The predicted octanol–water partition coefficient (Wildman–Crippen LogP) is 3.58. The molecule has 152 valence electrons. The summed E-state index contributed by atoms with van der Waals surface area (Å²) in [5, 5.41) is 5.92. The van der Waals surface area contributed by atoms with Crippen molar-refractivity contribution in [2.75, 3.05) is 7.05 Å². The Bertz CT molecular complexity index is 1110. The Hall–Kier alpha value is -2.20. The highest BCUT2D eigenvalue weighted by Gasteiger charge is 2.14. The third kappa shape index (κ3) is 5.66. The van der Waals surface area contributed by atoms with E-state index in [-0.39, 0.29) is 17.3 Å². The number of nitrogens with zero attached hydrogens (tertiary/aromatic N) is 1. The molecule has 0 atom stereocenters. The molecule has 6 nitrogen and oxygen atoms in total. The van der Waals surface area contributed by atoms with Crippen molar-refractivity contribution in [3.63, 3.8) is 0 Å². The zero-order valence-corrected chi connectivity index (χ0v) is 18.5. The Morgan fingerprint density at radius 1 is 1.17 bits per heavy atom. The van der Waals surface area contributed by atoms with Gasteiger partial charge in [-0.1, -0.05) is 24.3 Å². The van der Waals surface area contributed by atoms with Crippen LogP contribution in [-0.2, 0) is 22.3 Å². The molecule has 3 aromatic rings. The fourth-order valence-electron chi connectivity index (χ4n) is 2.62. The van der Waals surface area contributed by atoms with Gasteiger partial charge < -0.3 is 5.32 Å². The second-order valence-corrected chi connectivity index (χ2v) is 10.1. The molecule has 0 aliphatic carbocycles. The van der Waals surface area contributed by atoms with Crippen LogP contribution < -0.4 is 10.0 Å². The van der Waals surface area contributed by atoms with Crippen molar-refractivity contribution in [3.8, 4) is 0 Å². The number of amides is 1. The van der Waals surface area contributed by atoms with Crippen LogP contribution in [0.5, 0.6) is 0 Å². The number of thiazole rings is 1. The predicted molar refractivity (Wildman–Crippen MR) is 117 cm³/mol. The first-order valence-electron chi connectivity index (χ1n) is 8.82. The van der Waals surface area contributed by atoms with Crippen molar-refractivity contribution in [2.24, 2.45) is 0 Å². The standard InChI is InChI=1S/C20H21N3O3S3/c1-14-23-16(12-27-14)13-28-19-9-4-3-8-18(19)20(24)22-11-15-6-5-7-17(10-15)29(25,26)21-2/h3-10,12,21H,11,13H2,1-2H3,(H,22,24). The number of aryl methyl sites for hydroxylation is 1. The molecule has 2 aromatic carbocycles. The topological polar surface area (TPSA) is 88.2 Å². The van der Waals surface area contributed by atoms with Crippen molar-refractivity contribution in [1.82, 2.24) is 15.0 Å². The summed E-state index contributed by atoms with van der Waals surface area (Å²) in [6, 6.07) is 13.9. The van der Waals surface area contributed by atoms with Crippen LogP contribution in [0, 0.1) is 6.92 Å². The van der Waals surface area contributed by atoms with Crippen molar-refractivity contribution >= 4 is 39.0 Å². The number of sulfonamides is 1. The second kappa shape index (κ2) is 9.53. The van der Waals surface area contributed by atoms with E-state index in [9.17, 15) is 13.2 Å². The molecule has 1 amide bonds. The molecular formula is C20H21N3O3S3. The molecule has 0 saturated heterocycles. The van der Waals surface area contributed by atoms with Crippen molar-refractivity contribution < 1.29 is 13.2 Å². The maximum atomic E-state index is 12.7. The summed E-state index contributed by atoms with van der Waals surface area (Å²) in [6.07, 6.45) is 0. The molecule has 29 heavy (non-hydrogen) atoms. The van der Waals surface area contributed by atoms with E-state index in [0.717, 1.165) is 15.6 Å². The van der Waals surface area contributed by atoms with Crippen LogP contribution in [0.1, 0.15) is 26.6 Å². The number of hydrogen-bond acceptors (Lipinski definition) is 6. The number of benzene rings is 2. The molecule has 0 spiro atoms. The molecule has 0 aliphatic heterocycles. The van der Waals surface area contributed by atoms with E-state index in [4.69, 9.17) is 0 Å². The van der Waals surface area contributed by atoms with E-state index < -0.39 is 10.0 Å². The fraction of sp³-hybridized carbons (Fsp3) is 0.200. The number of carbonyl (C=O) groups excluding carboxylic acids is 1. The van der Waals surface area contributed by atoms with Crippen LogP contribution in [0.3, 0.4) is 0 Å². The van der Waals surface area contributed by atoms with E-state index in [0.29, 0.717) is 16.9 Å². The molecule has 0 bridgehead atoms. The minimum Gasteiger partial charge on any atom is -0.348 e. The summed E-state index contributed by atoms with van der Waals surface area (Å²) >= 11 is 3.18. The lowest BCUT2D eigenvalue weighted by Gasteiger charge is -2.10. The van der Waals surface area contributed by atoms with Gasteiger partial charge in [0.15, 0.2) is 0 Å². The Morgan fingerprint density at radius 3 is 2.69 bits per heavy atom. The van der Waals surface area contributed by atoms with Crippen molar-refractivity contribution in [2.45, 2.75) is 29.0 Å². The third-order valence-corrected chi connectivity index (χ3v) is 7.45. The van der Waals surface area contributed by atoms with E-state index in [1.807, 2.05) is 30.5 Å². The number of thioether (sulfide) groups is 1. The lowest BCUT2D eigenvalue weighted by Crippen LogP contribution is -2.24. The van der Waals surface area contributed by atoms with Crippen LogP contribution in [0.25, 0.3) is 0 Å². The van der Waals surface area contributed by atoms with Gasteiger partial charge >= 0.3 is 0 Å². The minimum atomic E-state index is -3.52. The number of nitrogens with one attached hydrogen (secondary N) is 2. The van der Waals surface area contributed by atoms with Gasteiger partial charge in [-0.2, -0.15) is 0 Å². The zero-order valence-electron chi connectivity index (χ0n) is 16.0. The van der Waals surface area contributed by atoms with Gasteiger partial charge in [-0.15, -0.1) is 23.1 Å². The minimum absolute atomic E-state index is 0.168. The van der Waals surface area contributed by atoms with Crippen LogP contribution in [0.2, 0.25) is 0 Å². The Morgan fingerprint density at radius 2 is 1.97 bits per heavy atom. The summed E-state index contributed by atoms with van der Waals surface area (Å²) in [5.41, 5.74) is 2.29. The highest BCUT2D eigenvalue weighted by Crippen LogP contribution is 2.27. The summed E-state index contributed by atoms with van der Waals surface area (Å²) in [4.78, 5) is 18.2. The fourth-order valence-corrected chi connectivity index (χ4v) is 5.08. The average molecular weight is 448 g/mol. The maximum absolute atomic E-state index is 12.7. The first-order valence-corrected chi connectivity index (χ1v) is 12.2. The molecule has 0 radical (unpaired) electrons. The Labute approximate surface area is 178 Å². The van der Waals surface area contributed by atoms with Gasteiger partial charge in [0.25, 0.3) is 5.91 Å². The normalized spacial score (nSPS) is 11.4. The van der Waals surface area contributed by atoms with E-state index in [1.165, 1.54) is 13.1 Å². The molecule has 9 heteroatoms. The zero-order chi connectivity index (χ0) is 20.9. The lowest BCUT2D eigenvalue weighted by molar-refractivity contribution is 0.0948. The van der Waals surface area contributed by atoms with E-state index in [2.05, 4.69) is 15.0 Å².